The molecule has 0 saturated carbocycles. The van der Waals surface area contributed by atoms with Crippen molar-refractivity contribution in [3.8, 4) is 0 Å². The molecule has 0 unspecified atom stereocenters. The molecule has 1 aliphatic rings. The van der Waals surface area contributed by atoms with E-state index in [4.69, 9.17) is 0 Å². The third-order valence-corrected chi connectivity index (χ3v) is 2.88. The summed E-state index contributed by atoms with van der Waals surface area (Å²) in [5, 5.41) is 0. The molecule has 1 aromatic rings. The first-order valence-corrected chi connectivity index (χ1v) is 6.08. The normalized spacial score (nSPS) is 14.3. The summed E-state index contributed by atoms with van der Waals surface area (Å²) in [6, 6.07) is 8.15. The topological polar surface area (TPSA) is 24.1 Å². The lowest BCUT2D eigenvalue weighted by Gasteiger charge is -2.13. The molecule has 2 rings (SSSR count). The Morgan fingerprint density at radius 1 is 1.17 bits per heavy atom. The van der Waals surface area contributed by atoms with Crippen LogP contribution in [0.15, 0.2) is 66.4 Å². The van der Waals surface area contributed by atoms with Gasteiger partial charge in [0.05, 0.1) is 11.4 Å². The van der Waals surface area contributed by atoms with E-state index in [1.807, 2.05) is 30.4 Å². The number of hydrogen-bond donors (Lipinski definition) is 2. The molecule has 0 aromatic heterocycles. The number of para-hydroxylation sites is 1. The predicted molar refractivity (Wildman–Crippen MR) is 78.9 cm³/mol. The van der Waals surface area contributed by atoms with E-state index >= 15 is 0 Å². The van der Waals surface area contributed by atoms with Crippen LogP contribution in [0.4, 0.5) is 5.69 Å². The number of allylic oxidation sites excluding steroid dienone is 5. The second-order valence-corrected chi connectivity index (χ2v) is 4.17. The zero-order chi connectivity index (χ0) is 12.8. The van der Waals surface area contributed by atoms with Crippen molar-refractivity contribution in [2.45, 2.75) is 13.3 Å². The highest BCUT2D eigenvalue weighted by molar-refractivity contribution is 5.67. The monoisotopic (exact) mass is 238 g/mol. The lowest BCUT2D eigenvalue weighted by Crippen LogP contribution is -2.21. The predicted octanol–water partition coefficient (Wildman–Crippen LogP) is 4.04. The Hall–Kier alpha value is -2.22. The number of rotatable bonds is 5. The average Bonchev–Trinajstić information content (AvgIpc) is 2.80. The number of benzene rings is 1. The fraction of sp³-hybridized carbons (Fsp3) is 0.125. The van der Waals surface area contributed by atoms with E-state index in [2.05, 4.69) is 42.6 Å². The van der Waals surface area contributed by atoms with Gasteiger partial charge in [0.1, 0.15) is 0 Å². The van der Waals surface area contributed by atoms with Crippen LogP contribution < -0.4 is 10.9 Å². The maximum Gasteiger partial charge on any atom is 0.0612 e. The zero-order valence-corrected chi connectivity index (χ0v) is 10.6. The SMILES string of the molecule is C=C/C=C/c1ccccc1NNC1=CCC=C1C. The fourth-order valence-electron chi connectivity index (χ4n) is 1.84. The quantitative estimate of drug-likeness (QED) is 0.597. The Kier molecular flexibility index (Phi) is 4.02. The lowest BCUT2D eigenvalue weighted by molar-refractivity contribution is 0.975. The highest BCUT2D eigenvalue weighted by Crippen LogP contribution is 2.19. The highest BCUT2D eigenvalue weighted by atomic mass is 15.4. The van der Waals surface area contributed by atoms with Crippen LogP contribution in [0.25, 0.3) is 6.08 Å². The van der Waals surface area contributed by atoms with Gasteiger partial charge < -0.3 is 10.9 Å². The molecule has 0 fully saturated rings. The van der Waals surface area contributed by atoms with Crippen LogP contribution in [0.1, 0.15) is 18.9 Å². The van der Waals surface area contributed by atoms with Crippen LogP contribution in [-0.2, 0) is 0 Å². The van der Waals surface area contributed by atoms with E-state index < -0.39 is 0 Å². The summed E-state index contributed by atoms with van der Waals surface area (Å²) in [6.07, 6.45) is 11.1. The molecule has 0 bridgehead atoms. The minimum Gasteiger partial charge on any atom is -0.301 e. The molecule has 0 radical (unpaired) electrons. The van der Waals surface area contributed by atoms with Crippen molar-refractivity contribution >= 4 is 11.8 Å². The van der Waals surface area contributed by atoms with E-state index in [0.717, 1.165) is 23.4 Å². The van der Waals surface area contributed by atoms with Crippen LogP contribution in [-0.4, -0.2) is 0 Å². The van der Waals surface area contributed by atoms with E-state index in [9.17, 15) is 0 Å². The van der Waals surface area contributed by atoms with E-state index in [1.54, 1.807) is 6.08 Å². The first-order valence-electron chi connectivity index (χ1n) is 6.08. The number of hydrogen-bond acceptors (Lipinski definition) is 2. The van der Waals surface area contributed by atoms with E-state index in [-0.39, 0.29) is 0 Å². The maximum atomic E-state index is 3.68. The molecule has 2 nitrogen and oxygen atoms in total. The minimum atomic E-state index is 1.01. The van der Waals surface area contributed by atoms with Gasteiger partial charge in [0.25, 0.3) is 0 Å². The van der Waals surface area contributed by atoms with Crippen molar-refractivity contribution in [1.82, 2.24) is 5.43 Å². The van der Waals surface area contributed by atoms with Gasteiger partial charge in [-0.1, -0.05) is 55.2 Å². The van der Waals surface area contributed by atoms with Crippen molar-refractivity contribution in [3.05, 3.63) is 72.0 Å². The van der Waals surface area contributed by atoms with Gasteiger partial charge >= 0.3 is 0 Å². The number of anilines is 1. The van der Waals surface area contributed by atoms with Crippen LogP contribution in [0.3, 0.4) is 0 Å². The molecule has 0 amide bonds. The van der Waals surface area contributed by atoms with Gasteiger partial charge in [-0.25, -0.2) is 0 Å². The summed E-state index contributed by atoms with van der Waals surface area (Å²) in [4.78, 5) is 0. The molecule has 0 spiro atoms. The summed E-state index contributed by atoms with van der Waals surface area (Å²) in [6.45, 7) is 5.79. The molecule has 18 heavy (non-hydrogen) atoms. The highest BCUT2D eigenvalue weighted by Gasteiger charge is 2.04. The van der Waals surface area contributed by atoms with Gasteiger partial charge in [0.15, 0.2) is 0 Å². The van der Waals surface area contributed by atoms with Crippen LogP contribution in [0, 0.1) is 0 Å². The molecule has 0 heterocycles. The second-order valence-electron chi connectivity index (χ2n) is 4.17. The Morgan fingerprint density at radius 2 is 2.00 bits per heavy atom. The fourth-order valence-corrected chi connectivity index (χ4v) is 1.84. The summed E-state index contributed by atoms with van der Waals surface area (Å²) in [7, 11) is 0. The lowest BCUT2D eigenvalue weighted by atomic mass is 10.1. The number of nitrogens with one attached hydrogen (secondary N) is 2. The van der Waals surface area contributed by atoms with Crippen LogP contribution in [0.2, 0.25) is 0 Å². The third-order valence-electron chi connectivity index (χ3n) is 2.88. The smallest absolute Gasteiger partial charge is 0.0612 e. The summed E-state index contributed by atoms with van der Waals surface area (Å²) in [5.41, 5.74) is 11.1. The number of hydrazine groups is 1. The van der Waals surface area contributed by atoms with Gasteiger partial charge in [-0.05, 0) is 30.5 Å². The van der Waals surface area contributed by atoms with E-state index in [0.29, 0.717) is 0 Å². The average molecular weight is 238 g/mol. The van der Waals surface area contributed by atoms with Crippen molar-refractivity contribution in [2.75, 3.05) is 5.43 Å². The van der Waals surface area contributed by atoms with Gasteiger partial charge in [-0.3, -0.25) is 0 Å². The molecular formula is C16H18N2. The second kappa shape index (κ2) is 5.92. The van der Waals surface area contributed by atoms with Gasteiger partial charge in [0, 0.05) is 0 Å². The van der Waals surface area contributed by atoms with E-state index in [1.165, 1.54) is 5.57 Å². The van der Waals surface area contributed by atoms with Crippen molar-refractivity contribution in [3.63, 3.8) is 0 Å². The molecule has 0 atom stereocenters. The molecule has 2 N–H and O–H groups in total. The summed E-state index contributed by atoms with van der Waals surface area (Å²) >= 11 is 0. The summed E-state index contributed by atoms with van der Waals surface area (Å²) in [5.74, 6) is 0. The standard InChI is InChI=1S/C16H18N2/c1-3-4-9-14-10-5-6-11-16(14)18-17-15-12-7-8-13(15)2/h3-6,8-12,17-18H,1,7H2,2H3/b9-4+. The first kappa shape index (κ1) is 12.2. The van der Waals surface area contributed by atoms with Crippen molar-refractivity contribution < 1.29 is 0 Å². The Labute approximate surface area is 108 Å². The van der Waals surface area contributed by atoms with Crippen LogP contribution >= 0.6 is 0 Å². The van der Waals surface area contributed by atoms with Crippen molar-refractivity contribution in [1.29, 1.82) is 0 Å². The van der Waals surface area contributed by atoms with Gasteiger partial charge in [-0.2, -0.15) is 0 Å². The maximum absolute atomic E-state index is 3.68. The minimum absolute atomic E-state index is 1.01. The van der Waals surface area contributed by atoms with Gasteiger partial charge in [-0.15, -0.1) is 0 Å². The molecule has 1 aliphatic carbocycles. The Morgan fingerprint density at radius 3 is 2.72 bits per heavy atom. The summed E-state index contributed by atoms with van der Waals surface area (Å²) < 4.78 is 0. The molecule has 92 valence electrons. The Balaban J connectivity index is 2.07. The molecule has 2 heteroatoms. The molecule has 1 aromatic carbocycles. The van der Waals surface area contributed by atoms with Gasteiger partial charge in [0.2, 0.25) is 0 Å². The third kappa shape index (κ3) is 2.92. The van der Waals surface area contributed by atoms with Crippen LogP contribution in [0.5, 0.6) is 0 Å². The molecule has 0 aliphatic heterocycles. The zero-order valence-electron chi connectivity index (χ0n) is 10.6. The van der Waals surface area contributed by atoms with Crippen molar-refractivity contribution in [2.24, 2.45) is 0 Å². The first-order chi connectivity index (χ1) is 8.81. The molecule has 0 saturated heterocycles. The largest absolute Gasteiger partial charge is 0.301 e. The molecular weight excluding hydrogens is 220 g/mol. The Bertz CT molecular complexity index is 522.